The molecule has 1 aromatic carbocycles. The molecule has 0 radical (unpaired) electrons. The van der Waals surface area contributed by atoms with Crippen LogP contribution in [0.1, 0.15) is 50.5 Å². The van der Waals surface area contributed by atoms with Gasteiger partial charge in [0, 0.05) is 10.2 Å². The Morgan fingerprint density at radius 1 is 1.19 bits per heavy atom. The summed E-state index contributed by atoms with van der Waals surface area (Å²) in [6.45, 7) is 1.62. The van der Waals surface area contributed by atoms with Crippen LogP contribution in [0.4, 0.5) is 10.5 Å². The SMILES string of the molecule is Cc1cc(Br)ccc1NC(=O)CN1C(=O)NC2(CCCCCCC2)C1=O. The highest BCUT2D eigenvalue weighted by molar-refractivity contribution is 9.10. The summed E-state index contributed by atoms with van der Waals surface area (Å²) in [5.74, 6) is -0.631. The number of benzene rings is 1. The largest absolute Gasteiger partial charge is 0.325 e. The molecular weight excluding hydrogens is 398 g/mol. The molecule has 1 saturated carbocycles. The predicted molar refractivity (Wildman–Crippen MR) is 103 cm³/mol. The summed E-state index contributed by atoms with van der Waals surface area (Å²) in [5, 5.41) is 5.66. The summed E-state index contributed by atoms with van der Waals surface area (Å²) in [7, 11) is 0. The molecule has 1 aromatic rings. The number of carbonyl (C=O) groups excluding carboxylic acids is 3. The van der Waals surface area contributed by atoms with Gasteiger partial charge in [0.15, 0.2) is 0 Å². The maximum Gasteiger partial charge on any atom is 0.325 e. The number of nitrogens with one attached hydrogen (secondary N) is 2. The molecule has 1 aliphatic carbocycles. The number of anilines is 1. The van der Waals surface area contributed by atoms with Crippen molar-refractivity contribution < 1.29 is 14.4 Å². The quantitative estimate of drug-likeness (QED) is 0.729. The molecule has 0 unspecified atom stereocenters. The van der Waals surface area contributed by atoms with Crippen molar-refractivity contribution in [2.45, 2.75) is 57.4 Å². The van der Waals surface area contributed by atoms with Crippen LogP contribution in [0.15, 0.2) is 22.7 Å². The van der Waals surface area contributed by atoms with Crippen molar-refractivity contribution in [1.29, 1.82) is 0 Å². The van der Waals surface area contributed by atoms with Gasteiger partial charge in [-0.15, -0.1) is 0 Å². The van der Waals surface area contributed by atoms with Crippen LogP contribution in [0.2, 0.25) is 0 Å². The van der Waals surface area contributed by atoms with Gasteiger partial charge in [0.25, 0.3) is 5.91 Å². The highest BCUT2D eigenvalue weighted by Gasteiger charge is 2.50. The van der Waals surface area contributed by atoms with Gasteiger partial charge in [-0.05, 0) is 43.5 Å². The lowest BCUT2D eigenvalue weighted by atomic mass is 9.84. The van der Waals surface area contributed by atoms with Crippen molar-refractivity contribution in [3.63, 3.8) is 0 Å². The second-order valence-electron chi connectivity index (χ2n) is 7.18. The van der Waals surface area contributed by atoms with Gasteiger partial charge in [0.2, 0.25) is 5.91 Å². The van der Waals surface area contributed by atoms with Gasteiger partial charge >= 0.3 is 6.03 Å². The Balaban J connectivity index is 1.68. The Kier molecular flexibility index (Phi) is 5.65. The first-order chi connectivity index (χ1) is 12.4. The van der Waals surface area contributed by atoms with Crippen LogP contribution >= 0.6 is 15.9 Å². The van der Waals surface area contributed by atoms with Crippen LogP contribution < -0.4 is 10.6 Å². The van der Waals surface area contributed by atoms with E-state index in [1.54, 1.807) is 6.07 Å². The number of imide groups is 1. The summed E-state index contributed by atoms with van der Waals surface area (Å²) in [6.07, 6.45) is 6.48. The van der Waals surface area contributed by atoms with E-state index in [1.165, 1.54) is 6.42 Å². The minimum Gasteiger partial charge on any atom is -0.324 e. The van der Waals surface area contributed by atoms with Gasteiger partial charge in [-0.1, -0.05) is 48.0 Å². The Morgan fingerprint density at radius 2 is 1.85 bits per heavy atom. The molecule has 1 spiro atoms. The summed E-state index contributed by atoms with van der Waals surface area (Å²) in [4.78, 5) is 38.7. The second-order valence-corrected chi connectivity index (χ2v) is 8.09. The predicted octanol–water partition coefficient (Wildman–Crippen LogP) is 3.73. The minimum atomic E-state index is -0.814. The molecule has 1 saturated heterocycles. The number of carbonyl (C=O) groups is 3. The van der Waals surface area contributed by atoms with Gasteiger partial charge in [-0.3, -0.25) is 14.5 Å². The number of amides is 4. The third kappa shape index (κ3) is 3.92. The number of halogens is 1. The molecule has 1 heterocycles. The summed E-state index contributed by atoms with van der Waals surface area (Å²) in [5.41, 5.74) is 0.762. The molecule has 3 rings (SSSR count). The maximum absolute atomic E-state index is 12.9. The maximum atomic E-state index is 12.9. The van der Waals surface area contributed by atoms with Crippen LogP contribution in [0, 0.1) is 6.92 Å². The van der Waals surface area contributed by atoms with Gasteiger partial charge in [0.1, 0.15) is 12.1 Å². The van der Waals surface area contributed by atoms with Crippen molar-refractivity contribution >= 4 is 39.5 Å². The highest BCUT2D eigenvalue weighted by atomic mass is 79.9. The lowest BCUT2D eigenvalue weighted by Gasteiger charge is -2.28. The van der Waals surface area contributed by atoms with Crippen LogP contribution in [0.25, 0.3) is 0 Å². The Labute approximate surface area is 161 Å². The van der Waals surface area contributed by atoms with E-state index in [9.17, 15) is 14.4 Å². The van der Waals surface area contributed by atoms with Gasteiger partial charge < -0.3 is 10.6 Å². The number of urea groups is 1. The Bertz CT molecular complexity index is 727. The molecule has 26 heavy (non-hydrogen) atoms. The first-order valence-electron chi connectivity index (χ1n) is 9.11. The van der Waals surface area contributed by atoms with Crippen LogP contribution in [-0.4, -0.2) is 34.8 Å². The Hall–Kier alpha value is -1.89. The number of aryl methyl sites for hydroxylation is 1. The lowest BCUT2D eigenvalue weighted by Crippen LogP contribution is -2.47. The van der Waals surface area contributed by atoms with E-state index in [1.807, 2.05) is 19.1 Å². The average Bonchev–Trinajstić information content (AvgIpc) is 2.79. The summed E-state index contributed by atoms with van der Waals surface area (Å²) < 4.78 is 0.924. The standard InChI is InChI=1S/C19H24BrN3O3/c1-13-11-14(20)7-8-15(13)21-16(24)12-23-17(25)19(22-18(23)26)9-5-3-2-4-6-10-19/h7-8,11H,2-6,9-10,12H2,1H3,(H,21,24)(H,22,26). The smallest absolute Gasteiger partial charge is 0.324 e. The van der Waals surface area contributed by atoms with Crippen molar-refractivity contribution in [3.8, 4) is 0 Å². The first-order valence-corrected chi connectivity index (χ1v) is 9.91. The molecular formula is C19H24BrN3O3. The van der Waals surface area contributed by atoms with Crippen LogP contribution in [0.5, 0.6) is 0 Å². The lowest BCUT2D eigenvalue weighted by molar-refractivity contribution is -0.134. The molecule has 0 atom stereocenters. The van der Waals surface area contributed by atoms with E-state index in [0.29, 0.717) is 18.5 Å². The molecule has 0 aromatic heterocycles. The van der Waals surface area contributed by atoms with Gasteiger partial charge in [0.05, 0.1) is 0 Å². The second kappa shape index (κ2) is 7.78. The molecule has 2 fully saturated rings. The fourth-order valence-corrected chi connectivity index (χ4v) is 4.24. The van der Waals surface area contributed by atoms with Crippen molar-refractivity contribution in [1.82, 2.24) is 10.2 Å². The number of rotatable bonds is 3. The summed E-state index contributed by atoms with van der Waals surface area (Å²) in [6, 6.07) is 5.06. The van der Waals surface area contributed by atoms with E-state index in [0.717, 1.165) is 40.6 Å². The first kappa shape index (κ1) is 18.9. The topological polar surface area (TPSA) is 78.5 Å². The zero-order chi connectivity index (χ0) is 18.7. The van der Waals surface area contributed by atoms with E-state index in [2.05, 4.69) is 26.6 Å². The third-order valence-corrected chi connectivity index (χ3v) is 5.71. The van der Waals surface area contributed by atoms with Gasteiger partial charge in [-0.25, -0.2) is 4.79 Å². The molecule has 7 heteroatoms. The minimum absolute atomic E-state index is 0.257. The van der Waals surface area contributed by atoms with E-state index < -0.39 is 11.6 Å². The number of nitrogens with zero attached hydrogens (tertiary/aromatic N) is 1. The third-order valence-electron chi connectivity index (χ3n) is 5.22. The van der Waals surface area contributed by atoms with Crippen LogP contribution in [-0.2, 0) is 9.59 Å². The normalized spacial score (nSPS) is 19.8. The zero-order valence-electron chi connectivity index (χ0n) is 14.9. The zero-order valence-corrected chi connectivity index (χ0v) is 16.5. The molecule has 140 valence electrons. The summed E-state index contributed by atoms with van der Waals surface area (Å²) >= 11 is 3.38. The molecule has 1 aliphatic heterocycles. The molecule has 0 bridgehead atoms. The van der Waals surface area contributed by atoms with E-state index in [4.69, 9.17) is 0 Å². The molecule has 2 aliphatic rings. The fourth-order valence-electron chi connectivity index (χ4n) is 3.77. The van der Waals surface area contributed by atoms with Crippen molar-refractivity contribution in [3.05, 3.63) is 28.2 Å². The molecule has 2 N–H and O–H groups in total. The monoisotopic (exact) mass is 421 g/mol. The van der Waals surface area contributed by atoms with Crippen molar-refractivity contribution in [2.24, 2.45) is 0 Å². The van der Waals surface area contributed by atoms with E-state index in [-0.39, 0.29) is 18.4 Å². The van der Waals surface area contributed by atoms with E-state index >= 15 is 0 Å². The molecule has 4 amide bonds. The molecule has 6 nitrogen and oxygen atoms in total. The fraction of sp³-hybridized carbons (Fsp3) is 0.526. The highest BCUT2D eigenvalue weighted by Crippen LogP contribution is 2.32. The van der Waals surface area contributed by atoms with Crippen LogP contribution in [0.3, 0.4) is 0 Å². The number of hydrogen-bond donors (Lipinski definition) is 2. The number of hydrogen-bond acceptors (Lipinski definition) is 3. The Morgan fingerprint density at radius 3 is 2.50 bits per heavy atom. The average molecular weight is 422 g/mol. The van der Waals surface area contributed by atoms with Crippen molar-refractivity contribution in [2.75, 3.05) is 11.9 Å². The van der Waals surface area contributed by atoms with Gasteiger partial charge in [-0.2, -0.15) is 0 Å².